The van der Waals surface area contributed by atoms with E-state index in [1.54, 1.807) is 9.80 Å². The highest BCUT2D eigenvalue weighted by atomic mass is 19.4. The first kappa shape index (κ1) is 27.1. The maximum atomic E-state index is 13.3. The van der Waals surface area contributed by atoms with Crippen LogP contribution in [0.4, 0.5) is 49.9 Å². The standard InChI is InChI=1S/C21H28F6N10/c22-20(23,24)10-1-11(21(25,26)27)3-16(2-10)32-17-33-18(36-6-12(28)4-13(29)7-36)35-19(34-17)37-8-14(30)5-15(31)9-37/h1-3,12-15H,4-9,28-31H2,(H,32,33,34,35)/t12-,13+,14-,15+. The summed E-state index contributed by atoms with van der Waals surface area (Å²) in [6.45, 7) is 1.38. The van der Waals surface area contributed by atoms with Gasteiger partial charge < -0.3 is 38.1 Å². The lowest BCUT2D eigenvalue weighted by Crippen LogP contribution is -2.54. The van der Waals surface area contributed by atoms with Crippen molar-refractivity contribution in [2.45, 2.75) is 49.4 Å². The quantitative estimate of drug-likeness (QED) is 0.363. The maximum Gasteiger partial charge on any atom is 0.416 e. The van der Waals surface area contributed by atoms with E-state index in [9.17, 15) is 26.3 Å². The molecule has 0 spiro atoms. The molecule has 1 aromatic carbocycles. The van der Waals surface area contributed by atoms with Crippen LogP contribution in [0.2, 0.25) is 0 Å². The zero-order valence-corrected chi connectivity index (χ0v) is 19.6. The number of hydrogen-bond acceptors (Lipinski definition) is 10. The molecule has 1 aromatic heterocycles. The molecule has 2 fully saturated rings. The van der Waals surface area contributed by atoms with Gasteiger partial charge in [0.1, 0.15) is 0 Å². The van der Waals surface area contributed by atoms with Gasteiger partial charge in [0.05, 0.1) is 11.1 Å². The summed E-state index contributed by atoms with van der Waals surface area (Å²) in [5.74, 6) is -0.0180. The number of nitrogens with one attached hydrogen (secondary N) is 1. The number of nitrogens with zero attached hydrogens (tertiary/aromatic N) is 5. The summed E-state index contributed by atoms with van der Waals surface area (Å²) in [5.41, 5.74) is 20.9. The molecule has 3 heterocycles. The molecule has 204 valence electrons. The average Bonchev–Trinajstić information content (AvgIpc) is 2.76. The van der Waals surface area contributed by atoms with Crippen LogP contribution in [0.15, 0.2) is 18.2 Å². The maximum absolute atomic E-state index is 13.3. The zero-order chi connectivity index (χ0) is 27.1. The van der Waals surface area contributed by atoms with E-state index in [0.717, 1.165) is 0 Å². The second-order valence-corrected chi connectivity index (χ2v) is 9.50. The number of benzene rings is 1. The summed E-state index contributed by atoms with van der Waals surface area (Å²) in [6, 6.07) is 0.0213. The van der Waals surface area contributed by atoms with Crippen LogP contribution < -0.4 is 38.1 Å². The molecule has 16 heteroatoms. The zero-order valence-electron chi connectivity index (χ0n) is 19.6. The van der Waals surface area contributed by atoms with Crippen LogP contribution in [0, 0.1) is 0 Å². The number of alkyl halides is 6. The van der Waals surface area contributed by atoms with Crippen LogP contribution in [-0.2, 0) is 12.4 Å². The fraction of sp³-hybridized carbons (Fsp3) is 0.571. The minimum absolute atomic E-state index is 0.0441. The van der Waals surface area contributed by atoms with Crippen LogP contribution in [0.1, 0.15) is 24.0 Å². The molecule has 2 aliphatic rings. The molecular formula is C21H28F6N10. The van der Waals surface area contributed by atoms with E-state index in [1.165, 1.54) is 0 Å². The van der Waals surface area contributed by atoms with Crippen molar-refractivity contribution in [1.82, 2.24) is 15.0 Å². The van der Waals surface area contributed by atoms with Crippen molar-refractivity contribution in [1.29, 1.82) is 0 Å². The molecule has 2 saturated heterocycles. The second kappa shape index (κ2) is 10.1. The largest absolute Gasteiger partial charge is 0.416 e. The molecule has 0 bridgehead atoms. The van der Waals surface area contributed by atoms with Crippen LogP contribution in [0.5, 0.6) is 0 Å². The molecule has 0 radical (unpaired) electrons. The molecular weight excluding hydrogens is 506 g/mol. The Morgan fingerprint density at radius 1 is 0.649 bits per heavy atom. The Hall–Kier alpha value is -2.95. The summed E-state index contributed by atoms with van der Waals surface area (Å²) >= 11 is 0. The smallest absolute Gasteiger partial charge is 0.338 e. The van der Waals surface area contributed by atoms with E-state index < -0.39 is 29.2 Å². The molecule has 2 aromatic rings. The van der Waals surface area contributed by atoms with Crippen molar-refractivity contribution < 1.29 is 26.3 Å². The molecule has 0 aliphatic carbocycles. The van der Waals surface area contributed by atoms with Gasteiger partial charge in [-0.3, -0.25) is 0 Å². The number of anilines is 4. The van der Waals surface area contributed by atoms with Gasteiger partial charge in [0.2, 0.25) is 17.8 Å². The van der Waals surface area contributed by atoms with Gasteiger partial charge in [-0.25, -0.2) is 0 Å². The summed E-state index contributed by atoms with van der Waals surface area (Å²) in [7, 11) is 0. The summed E-state index contributed by atoms with van der Waals surface area (Å²) in [6.07, 6.45) is -8.87. The SMILES string of the molecule is N[C@@H]1C[C@H](N)CN(c2nc(Nc3cc(C(F)(F)F)cc(C(F)(F)F)c3)nc(N3C[C@H](N)C[C@H](N)C3)n2)C1. The van der Waals surface area contributed by atoms with Crippen molar-refractivity contribution in [2.24, 2.45) is 22.9 Å². The van der Waals surface area contributed by atoms with Crippen LogP contribution in [0.25, 0.3) is 0 Å². The average molecular weight is 535 g/mol. The van der Waals surface area contributed by atoms with Gasteiger partial charge in [0, 0.05) is 56.0 Å². The first-order valence-corrected chi connectivity index (χ1v) is 11.5. The van der Waals surface area contributed by atoms with Crippen molar-refractivity contribution in [2.75, 3.05) is 41.3 Å². The third kappa shape index (κ3) is 6.68. The Morgan fingerprint density at radius 3 is 1.38 bits per heavy atom. The number of rotatable bonds is 4. The van der Waals surface area contributed by atoms with Crippen molar-refractivity contribution in [3.63, 3.8) is 0 Å². The Morgan fingerprint density at radius 2 is 1.03 bits per heavy atom. The van der Waals surface area contributed by atoms with Crippen LogP contribution in [0.3, 0.4) is 0 Å². The molecule has 0 saturated carbocycles. The Bertz CT molecular complexity index is 1010. The molecule has 2 aliphatic heterocycles. The van der Waals surface area contributed by atoms with Crippen LogP contribution >= 0.6 is 0 Å². The van der Waals surface area contributed by atoms with E-state index >= 15 is 0 Å². The van der Waals surface area contributed by atoms with E-state index in [-0.39, 0.29) is 48.1 Å². The van der Waals surface area contributed by atoms with Gasteiger partial charge >= 0.3 is 12.4 Å². The Kier molecular flexibility index (Phi) is 7.38. The highest BCUT2D eigenvalue weighted by molar-refractivity contribution is 5.59. The van der Waals surface area contributed by atoms with Gasteiger partial charge in [-0.15, -0.1) is 0 Å². The van der Waals surface area contributed by atoms with Crippen molar-refractivity contribution >= 4 is 23.5 Å². The Balaban J connectivity index is 1.75. The van der Waals surface area contributed by atoms with E-state index in [2.05, 4.69) is 20.3 Å². The fourth-order valence-electron chi connectivity index (χ4n) is 4.53. The first-order valence-electron chi connectivity index (χ1n) is 11.5. The minimum atomic E-state index is -5.01. The predicted octanol–water partition coefficient (Wildman–Crippen LogP) is 1.38. The molecule has 9 N–H and O–H groups in total. The molecule has 4 atom stereocenters. The molecule has 4 rings (SSSR count). The van der Waals surface area contributed by atoms with Gasteiger partial charge in [0.25, 0.3) is 0 Å². The van der Waals surface area contributed by atoms with E-state index in [0.29, 0.717) is 51.2 Å². The van der Waals surface area contributed by atoms with E-state index in [4.69, 9.17) is 22.9 Å². The summed E-state index contributed by atoms with van der Waals surface area (Å²) in [4.78, 5) is 16.4. The predicted molar refractivity (Wildman–Crippen MR) is 125 cm³/mol. The molecule has 0 amide bonds. The number of hydrogen-bond donors (Lipinski definition) is 5. The molecule has 37 heavy (non-hydrogen) atoms. The van der Waals surface area contributed by atoms with Crippen molar-refractivity contribution in [3.8, 4) is 0 Å². The number of nitrogens with two attached hydrogens (primary N) is 4. The van der Waals surface area contributed by atoms with Crippen LogP contribution in [-0.4, -0.2) is 65.3 Å². The van der Waals surface area contributed by atoms with Gasteiger partial charge in [-0.05, 0) is 31.0 Å². The lowest BCUT2D eigenvalue weighted by molar-refractivity contribution is -0.143. The third-order valence-corrected chi connectivity index (χ3v) is 6.05. The lowest BCUT2D eigenvalue weighted by atomic mass is 10.0. The normalized spacial score (nSPS) is 25.4. The van der Waals surface area contributed by atoms with Gasteiger partial charge in [-0.1, -0.05) is 0 Å². The van der Waals surface area contributed by atoms with Crippen molar-refractivity contribution in [3.05, 3.63) is 29.3 Å². The number of piperidine rings is 2. The highest BCUT2D eigenvalue weighted by Gasteiger charge is 2.37. The number of aromatic nitrogens is 3. The second-order valence-electron chi connectivity index (χ2n) is 9.50. The third-order valence-electron chi connectivity index (χ3n) is 6.05. The summed E-state index contributed by atoms with van der Waals surface area (Å²) in [5, 5.41) is 2.49. The van der Waals surface area contributed by atoms with E-state index in [1.807, 2.05) is 0 Å². The van der Waals surface area contributed by atoms with Gasteiger partial charge in [0.15, 0.2) is 0 Å². The van der Waals surface area contributed by atoms with Gasteiger partial charge in [-0.2, -0.15) is 41.3 Å². The highest BCUT2D eigenvalue weighted by Crippen LogP contribution is 2.38. The topological polar surface area (TPSA) is 161 Å². The first-order chi connectivity index (χ1) is 17.2. The molecule has 10 nitrogen and oxygen atoms in total. The minimum Gasteiger partial charge on any atom is -0.338 e. The lowest BCUT2D eigenvalue weighted by Gasteiger charge is -2.37. The summed E-state index contributed by atoms with van der Waals surface area (Å²) < 4.78 is 80.0. The monoisotopic (exact) mass is 534 g/mol. The number of halogens is 6. The Labute approximate surface area is 208 Å². The fourth-order valence-corrected chi connectivity index (χ4v) is 4.53. The molecule has 0 unspecified atom stereocenters.